The summed E-state index contributed by atoms with van der Waals surface area (Å²) >= 11 is 1.65. The molecule has 2 rings (SSSR count). The third kappa shape index (κ3) is 2.59. The second-order valence-corrected chi connectivity index (χ2v) is 4.75. The molecule has 0 saturated heterocycles. The van der Waals surface area contributed by atoms with Gasteiger partial charge >= 0.3 is 0 Å². The van der Waals surface area contributed by atoms with Crippen LogP contribution in [-0.2, 0) is 13.1 Å². The minimum Gasteiger partial charge on any atom is -0.347 e. The second-order valence-electron chi connectivity index (χ2n) is 3.65. The Bertz CT molecular complexity index is 439. The van der Waals surface area contributed by atoms with Crippen LogP contribution in [0.3, 0.4) is 0 Å². The fraction of sp³-hybridized carbons (Fsp3) is 0.250. The zero-order valence-corrected chi connectivity index (χ0v) is 10.1. The van der Waals surface area contributed by atoms with Gasteiger partial charge in [0.2, 0.25) is 0 Å². The van der Waals surface area contributed by atoms with Gasteiger partial charge in [-0.2, -0.15) is 0 Å². The molecule has 2 N–H and O–H groups in total. The summed E-state index contributed by atoms with van der Waals surface area (Å²) in [7, 11) is 2.05. The van der Waals surface area contributed by atoms with Crippen molar-refractivity contribution in [2.24, 2.45) is 5.73 Å². The molecule has 0 fully saturated rings. The number of nitrogens with two attached hydrogens (primary N) is 1. The summed E-state index contributed by atoms with van der Waals surface area (Å²) in [4.78, 5) is 7.61. The van der Waals surface area contributed by atoms with Crippen LogP contribution in [0, 0.1) is 0 Å². The predicted molar refractivity (Wildman–Crippen MR) is 68.6 cm³/mol. The standard InChI is InChI=1S/C12H15N3S/c1-15(9-10-5-3-2-4-6-10)12-14-8-11(7-13)16-12/h2-6,8H,7,9,13H2,1H3. The van der Waals surface area contributed by atoms with Crippen molar-refractivity contribution < 1.29 is 0 Å². The molecule has 16 heavy (non-hydrogen) atoms. The number of anilines is 1. The van der Waals surface area contributed by atoms with Gasteiger partial charge < -0.3 is 10.6 Å². The van der Waals surface area contributed by atoms with Crippen LogP contribution in [0.25, 0.3) is 0 Å². The third-order valence-corrected chi connectivity index (χ3v) is 3.47. The molecule has 0 bridgehead atoms. The minimum absolute atomic E-state index is 0.566. The lowest BCUT2D eigenvalue weighted by atomic mass is 10.2. The highest BCUT2D eigenvalue weighted by atomic mass is 32.1. The highest BCUT2D eigenvalue weighted by molar-refractivity contribution is 7.15. The van der Waals surface area contributed by atoms with Gasteiger partial charge in [-0.05, 0) is 5.56 Å². The van der Waals surface area contributed by atoms with E-state index in [9.17, 15) is 0 Å². The minimum atomic E-state index is 0.566. The van der Waals surface area contributed by atoms with Crippen molar-refractivity contribution in [3.63, 3.8) is 0 Å². The van der Waals surface area contributed by atoms with E-state index in [1.54, 1.807) is 11.3 Å². The average Bonchev–Trinajstić information content (AvgIpc) is 2.79. The van der Waals surface area contributed by atoms with Crippen molar-refractivity contribution in [2.45, 2.75) is 13.1 Å². The van der Waals surface area contributed by atoms with E-state index in [0.29, 0.717) is 6.54 Å². The van der Waals surface area contributed by atoms with Crippen molar-refractivity contribution in [1.82, 2.24) is 4.98 Å². The zero-order valence-electron chi connectivity index (χ0n) is 9.26. The van der Waals surface area contributed by atoms with Gasteiger partial charge in [-0.1, -0.05) is 30.3 Å². The maximum Gasteiger partial charge on any atom is 0.185 e. The van der Waals surface area contributed by atoms with Crippen LogP contribution in [0.1, 0.15) is 10.4 Å². The third-order valence-electron chi connectivity index (χ3n) is 2.33. The van der Waals surface area contributed by atoms with Crippen LogP contribution in [0.2, 0.25) is 0 Å². The molecule has 0 saturated carbocycles. The first kappa shape index (κ1) is 11.1. The molecule has 0 amide bonds. The summed E-state index contributed by atoms with van der Waals surface area (Å²) < 4.78 is 0. The lowest BCUT2D eigenvalue weighted by molar-refractivity contribution is 0.914. The van der Waals surface area contributed by atoms with Gasteiger partial charge in [0.1, 0.15) is 0 Å². The van der Waals surface area contributed by atoms with Crippen LogP contribution >= 0.6 is 11.3 Å². The lowest BCUT2D eigenvalue weighted by Crippen LogP contribution is -2.15. The van der Waals surface area contributed by atoms with Crippen LogP contribution in [-0.4, -0.2) is 12.0 Å². The molecule has 0 aliphatic heterocycles. The Kier molecular flexibility index (Phi) is 3.54. The van der Waals surface area contributed by atoms with Crippen molar-refractivity contribution >= 4 is 16.5 Å². The Labute approximate surface area is 99.5 Å². The molecule has 1 heterocycles. The summed E-state index contributed by atoms with van der Waals surface area (Å²) in [6, 6.07) is 10.4. The summed E-state index contributed by atoms with van der Waals surface area (Å²) in [5, 5.41) is 1.02. The van der Waals surface area contributed by atoms with Crippen molar-refractivity contribution in [3.8, 4) is 0 Å². The molecule has 2 aromatic rings. The molecule has 0 spiro atoms. The molecule has 0 aliphatic carbocycles. The van der Waals surface area contributed by atoms with E-state index in [1.807, 2.05) is 19.3 Å². The van der Waals surface area contributed by atoms with Gasteiger partial charge in [0.15, 0.2) is 5.13 Å². The number of hydrogen-bond acceptors (Lipinski definition) is 4. The molecule has 3 nitrogen and oxygen atoms in total. The summed E-state index contributed by atoms with van der Waals surface area (Å²) in [5.74, 6) is 0. The second kappa shape index (κ2) is 5.09. The van der Waals surface area contributed by atoms with E-state index < -0.39 is 0 Å². The van der Waals surface area contributed by atoms with Gasteiger partial charge in [-0.15, -0.1) is 11.3 Å². The average molecular weight is 233 g/mol. The van der Waals surface area contributed by atoms with E-state index in [1.165, 1.54) is 5.56 Å². The molecule has 1 aromatic carbocycles. The Morgan fingerprint density at radius 1 is 1.31 bits per heavy atom. The molecular formula is C12H15N3S. The lowest BCUT2D eigenvalue weighted by Gasteiger charge is -2.15. The number of thiazole rings is 1. The Morgan fingerprint density at radius 3 is 2.69 bits per heavy atom. The maximum atomic E-state index is 5.57. The van der Waals surface area contributed by atoms with E-state index in [4.69, 9.17) is 5.73 Å². The van der Waals surface area contributed by atoms with Gasteiger partial charge in [0, 0.05) is 31.2 Å². The van der Waals surface area contributed by atoms with Crippen molar-refractivity contribution in [2.75, 3.05) is 11.9 Å². The zero-order chi connectivity index (χ0) is 11.4. The maximum absolute atomic E-state index is 5.57. The van der Waals surface area contributed by atoms with Gasteiger partial charge in [-0.25, -0.2) is 4.98 Å². The molecule has 0 unspecified atom stereocenters. The largest absolute Gasteiger partial charge is 0.347 e. The first-order chi connectivity index (χ1) is 7.79. The smallest absolute Gasteiger partial charge is 0.185 e. The normalized spacial score (nSPS) is 10.4. The van der Waals surface area contributed by atoms with E-state index in [-0.39, 0.29) is 0 Å². The summed E-state index contributed by atoms with van der Waals surface area (Å²) in [6.07, 6.45) is 1.85. The fourth-order valence-electron chi connectivity index (χ4n) is 1.49. The highest BCUT2D eigenvalue weighted by Gasteiger charge is 2.06. The SMILES string of the molecule is CN(Cc1ccccc1)c1ncc(CN)s1. The summed E-state index contributed by atoms with van der Waals surface area (Å²) in [6.45, 7) is 1.44. The van der Waals surface area contributed by atoms with E-state index in [2.05, 4.69) is 34.1 Å². The van der Waals surface area contributed by atoms with Crippen molar-refractivity contribution in [1.29, 1.82) is 0 Å². The molecule has 0 radical (unpaired) electrons. The van der Waals surface area contributed by atoms with E-state index >= 15 is 0 Å². The molecule has 84 valence electrons. The number of nitrogens with zero attached hydrogens (tertiary/aromatic N) is 2. The fourth-order valence-corrected chi connectivity index (χ4v) is 2.24. The Balaban J connectivity index is 2.05. The van der Waals surface area contributed by atoms with Crippen LogP contribution < -0.4 is 10.6 Å². The number of rotatable bonds is 4. The van der Waals surface area contributed by atoms with E-state index in [0.717, 1.165) is 16.6 Å². The number of aromatic nitrogens is 1. The summed E-state index contributed by atoms with van der Waals surface area (Å²) in [5.41, 5.74) is 6.85. The topological polar surface area (TPSA) is 42.2 Å². The molecule has 1 aromatic heterocycles. The Morgan fingerprint density at radius 2 is 2.06 bits per heavy atom. The quantitative estimate of drug-likeness (QED) is 0.880. The Hall–Kier alpha value is -1.39. The van der Waals surface area contributed by atoms with Crippen LogP contribution in [0.15, 0.2) is 36.5 Å². The van der Waals surface area contributed by atoms with Gasteiger partial charge in [0.25, 0.3) is 0 Å². The van der Waals surface area contributed by atoms with Crippen LogP contribution in [0.5, 0.6) is 0 Å². The molecule has 0 atom stereocenters. The molecule has 0 aliphatic rings. The van der Waals surface area contributed by atoms with Crippen LogP contribution in [0.4, 0.5) is 5.13 Å². The molecular weight excluding hydrogens is 218 g/mol. The number of hydrogen-bond donors (Lipinski definition) is 1. The molecule has 4 heteroatoms. The highest BCUT2D eigenvalue weighted by Crippen LogP contribution is 2.22. The van der Waals surface area contributed by atoms with Gasteiger partial charge in [0.05, 0.1) is 0 Å². The number of benzene rings is 1. The van der Waals surface area contributed by atoms with Gasteiger partial charge in [-0.3, -0.25) is 0 Å². The monoisotopic (exact) mass is 233 g/mol. The predicted octanol–water partition coefficient (Wildman–Crippen LogP) is 2.24. The first-order valence-corrected chi connectivity index (χ1v) is 6.01. The van der Waals surface area contributed by atoms with Crippen molar-refractivity contribution in [3.05, 3.63) is 47.0 Å². The first-order valence-electron chi connectivity index (χ1n) is 5.19.